The Balaban J connectivity index is 3.59. The largest absolute Gasteiger partial charge is 0.425 e. The maximum Gasteiger partial charge on any atom is 0.410 e. The fourth-order valence-electron chi connectivity index (χ4n) is 1.96. The smallest absolute Gasteiger partial charge is 0.410 e. The Morgan fingerprint density at radius 3 is 1.16 bits per heavy atom. The minimum absolute atomic E-state index is 0.295. The molecule has 0 fully saturated rings. The molecule has 12 nitrogen and oxygen atoms in total. The van der Waals surface area contributed by atoms with Crippen LogP contribution in [0, 0.1) is 11.8 Å². The van der Waals surface area contributed by atoms with Gasteiger partial charge in [-0.25, -0.2) is 9.59 Å². The van der Waals surface area contributed by atoms with Gasteiger partial charge >= 0.3 is 24.1 Å². The number of amides is 2. The van der Waals surface area contributed by atoms with E-state index in [2.05, 4.69) is 21.3 Å². The first kappa shape index (κ1) is 29.4. The van der Waals surface area contributed by atoms with E-state index in [1.54, 1.807) is 27.7 Å². The lowest BCUT2D eigenvalue weighted by molar-refractivity contribution is -0.169. The third-order valence-corrected chi connectivity index (χ3v) is 3.67. The zero-order chi connectivity index (χ0) is 24.5. The lowest BCUT2D eigenvalue weighted by Crippen LogP contribution is -2.38. The van der Waals surface area contributed by atoms with Crippen molar-refractivity contribution in [3.63, 3.8) is 0 Å². The summed E-state index contributed by atoms with van der Waals surface area (Å²) in [6.07, 6.45) is -3.24. The quantitative estimate of drug-likeness (QED) is 0.155. The molecule has 0 heterocycles. The molecule has 0 aliphatic rings. The van der Waals surface area contributed by atoms with Gasteiger partial charge in [0, 0.05) is 53.1 Å². The van der Waals surface area contributed by atoms with E-state index in [1.165, 1.54) is 13.8 Å². The highest BCUT2D eigenvalue weighted by atomic mass is 16.7. The van der Waals surface area contributed by atoms with E-state index in [1.807, 2.05) is 0 Å². The molecule has 0 aliphatic carbocycles. The van der Waals surface area contributed by atoms with Crippen LogP contribution in [0.5, 0.6) is 0 Å². The number of esters is 2. The summed E-state index contributed by atoms with van der Waals surface area (Å²) in [5, 5.41) is 11.3. The summed E-state index contributed by atoms with van der Waals surface area (Å²) in [6, 6.07) is 0. The molecule has 0 aromatic carbocycles. The Bertz CT molecular complexity index is 536. The first-order valence-corrected chi connectivity index (χ1v) is 10.7. The van der Waals surface area contributed by atoms with Crippen molar-refractivity contribution in [1.82, 2.24) is 21.3 Å². The lowest BCUT2D eigenvalue weighted by Gasteiger charge is -2.16. The van der Waals surface area contributed by atoms with E-state index in [-0.39, 0.29) is 11.8 Å². The van der Waals surface area contributed by atoms with Crippen molar-refractivity contribution in [1.29, 1.82) is 0 Å². The average Bonchev–Trinajstić information content (AvgIpc) is 2.68. The van der Waals surface area contributed by atoms with Gasteiger partial charge in [0.25, 0.3) is 0 Å². The molecule has 0 spiro atoms. The summed E-state index contributed by atoms with van der Waals surface area (Å²) in [6.45, 7) is 12.7. The maximum absolute atomic E-state index is 11.6. The molecule has 0 saturated carbocycles. The minimum atomic E-state index is -0.953. The Morgan fingerprint density at radius 1 is 0.531 bits per heavy atom. The van der Waals surface area contributed by atoms with Gasteiger partial charge in [-0.3, -0.25) is 9.59 Å². The molecule has 0 bridgehead atoms. The molecule has 0 saturated heterocycles. The highest BCUT2D eigenvalue weighted by Gasteiger charge is 2.17. The van der Waals surface area contributed by atoms with Gasteiger partial charge in [0.05, 0.1) is 11.8 Å². The number of nitrogens with one attached hydrogen (secondary N) is 4. The summed E-state index contributed by atoms with van der Waals surface area (Å²) in [5.74, 6) is -1.46. The van der Waals surface area contributed by atoms with Crippen molar-refractivity contribution in [3.05, 3.63) is 0 Å². The molecule has 0 aromatic rings. The summed E-state index contributed by atoms with van der Waals surface area (Å²) < 4.78 is 19.7. The third-order valence-electron chi connectivity index (χ3n) is 3.67. The van der Waals surface area contributed by atoms with E-state index >= 15 is 0 Å². The van der Waals surface area contributed by atoms with Crippen molar-refractivity contribution >= 4 is 24.1 Å². The standard InChI is InChI=1S/C20H38N4O8/c1-13(2)17(25)29-15(5)31-19(27)23-11-9-21-7-8-22-10-12-24-20(28)32-16(6)30-18(26)14(3)4/h13-16,21-22H,7-12H2,1-6H3,(H,23,27)(H,24,28)/t15-,16-/m1/s1. The Labute approximate surface area is 189 Å². The zero-order valence-electron chi connectivity index (χ0n) is 19.8. The second kappa shape index (κ2) is 17.0. The van der Waals surface area contributed by atoms with Crippen LogP contribution in [-0.4, -0.2) is 76.0 Å². The monoisotopic (exact) mass is 462 g/mol. The Morgan fingerprint density at radius 2 is 0.844 bits per heavy atom. The molecule has 2 amide bonds. The predicted molar refractivity (Wildman–Crippen MR) is 115 cm³/mol. The van der Waals surface area contributed by atoms with Gasteiger partial charge in [-0.15, -0.1) is 0 Å². The fourth-order valence-corrected chi connectivity index (χ4v) is 1.96. The highest BCUT2D eigenvalue weighted by Crippen LogP contribution is 2.02. The summed E-state index contributed by atoms with van der Waals surface area (Å²) in [4.78, 5) is 46.0. The van der Waals surface area contributed by atoms with Crippen LogP contribution in [0.1, 0.15) is 41.5 Å². The number of ether oxygens (including phenoxy) is 4. The van der Waals surface area contributed by atoms with Gasteiger partial charge in [0.15, 0.2) is 0 Å². The van der Waals surface area contributed by atoms with Gasteiger partial charge in [0.2, 0.25) is 12.6 Å². The molecule has 0 unspecified atom stereocenters. The number of hydrogen-bond acceptors (Lipinski definition) is 10. The van der Waals surface area contributed by atoms with Crippen LogP contribution < -0.4 is 21.3 Å². The average molecular weight is 463 g/mol. The van der Waals surface area contributed by atoms with Crippen LogP contribution in [0.15, 0.2) is 0 Å². The van der Waals surface area contributed by atoms with E-state index in [0.29, 0.717) is 39.3 Å². The number of carbonyl (C=O) groups excluding carboxylic acids is 4. The molecule has 0 aliphatic heterocycles. The van der Waals surface area contributed by atoms with Crippen LogP contribution in [0.2, 0.25) is 0 Å². The number of rotatable bonds is 15. The molecule has 186 valence electrons. The molecule has 12 heteroatoms. The molecule has 0 radical (unpaired) electrons. The molecule has 0 aromatic heterocycles. The van der Waals surface area contributed by atoms with Gasteiger partial charge in [-0.2, -0.15) is 0 Å². The van der Waals surface area contributed by atoms with Crippen LogP contribution in [-0.2, 0) is 28.5 Å². The summed E-state index contributed by atoms with van der Waals surface area (Å²) in [7, 11) is 0. The van der Waals surface area contributed by atoms with E-state index in [9.17, 15) is 19.2 Å². The van der Waals surface area contributed by atoms with Crippen LogP contribution >= 0.6 is 0 Å². The first-order valence-electron chi connectivity index (χ1n) is 10.7. The molecule has 4 N–H and O–H groups in total. The minimum Gasteiger partial charge on any atom is -0.425 e. The van der Waals surface area contributed by atoms with Gasteiger partial charge in [-0.1, -0.05) is 27.7 Å². The number of alkyl carbamates (subject to hydrolysis) is 2. The zero-order valence-corrected chi connectivity index (χ0v) is 19.8. The van der Waals surface area contributed by atoms with Crippen LogP contribution in [0.4, 0.5) is 9.59 Å². The molecule has 0 rings (SSSR count). The molecule has 32 heavy (non-hydrogen) atoms. The number of carbonyl (C=O) groups is 4. The molecule has 2 atom stereocenters. The second-order valence-electron chi connectivity index (χ2n) is 7.48. The second-order valence-corrected chi connectivity index (χ2v) is 7.48. The van der Waals surface area contributed by atoms with Crippen molar-refractivity contribution in [2.24, 2.45) is 11.8 Å². The fraction of sp³-hybridized carbons (Fsp3) is 0.800. The highest BCUT2D eigenvalue weighted by molar-refractivity contribution is 5.72. The molecular weight excluding hydrogens is 424 g/mol. The Kier molecular flexibility index (Phi) is 15.6. The third kappa shape index (κ3) is 16.1. The van der Waals surface area contributed by atoms with Crippen molar-refractivity contribution in [3.8, 4) is 0 Å². The van der Waals surface area contributed by atoms with Gasteiger partial charge in [0.1, 0.15) is 0 Å². The SMILES string of the molecule is CC(C)C(=O)O[C@@H](C)OC(=O)NCCNCCNCCNC(=O)O[C@H](C)OC(=O)C(C)C. The lowest BCUT2D eigenvalue weighted by atomic mass is 10.2. The van der Waals surface area contributed by atoms with Crippen LogP contribution in [0.3, 0.4) is 0 Å². The predicted octanol–water partition coefficient (Wildman–Crippen LogP) is 0.708. The van der Waals surface area contributed by atoms with Crippen molar-refractivity contribution in [2.75, 3.05) is 39.3 Å². The van der Waals surface area contributed by atoms with E-state index in [0.717, 1.165) is 0 Å². The summed E-state index contributed by atoms with van der Waals surface area (Å²) in [5.41, 5.74) is 0. The van der Waals surface area contributed by atoms with Gasteiger partial charge < -0.3 is 40.2 Å². The maximum atomic E-state index is 11.6. The van der Waals surface area contributed by atoms with Gasteiger partial charge in [-0.05, 0) is 0 Å². The molecular formula is C20H38N4O8. The van der Waals surface area contributed by atoms with Crippen LogP contribution in [0.25, 0.3) is 0 Å². The number of hydrogen-bond donors (Lipinski definition) is 4. The Hall–Kier alpha value is -2.60. The van der Waals surface area contributed by atoms with Crippen molar-refractivity contribution in [2.45, 2.75) is 54.1 Å². The van der Waals surface area contributed by atoms with E-state index in [4.69, 9.17) is 18.9 Å². The first-order chi connectivity index (χ1) is 15.0. The topological polar surface area (TPSA) is 153 Å². The van der Waals surface area contributed by atoms with Crippen molar-refractivity contribution < 1.29 is 38.1 Å². The van der Waals surface area contributed by atoms with E-state index < -0.39 is 36.7 Å². The normalized spacial score (nSPS) is 12.6. The summed E-state index contributed by atoms with van der Waals surface area (Å²) >= 11 is 0.